The predicted octanol–water partition coefficient (Wildman–Crippen LogP) is 4.95. The van der Waals surface area contributed by atoms with E-state index < -0.39 is 5.91 Å². The fourth-order valence-electron chi connectivity index (χ4n) is 3.28. The van der Waals surface area contributed by atoms with Crippen LogP contribution in [0.1, 0.15) is 40.1 Å². The minimum Gasteiger partial charge on any atom is -0.365 e. The second-order valence-corrected chi connectivity index (χ2v) is 7.55. The Labute approximate surface area is 163 Å². The first-order valence-electron chi connectivity index (χ1n) is 8.87. The van der Waals surface area contributed by atoms with Gasteiger partial charge in [0, 0.05) is 10.4 Å². The van der Waals surface area contributed by atoms with Gasteiger partial charge >= 0.3 is 0 Å². The summed E-state index contributed by atoms with van der Waals surface area (Å²) in [4.78, 5) is 26.1. The van der Waals surface area contributed by atoms with E-state index in [1.165, 1.54) is 11.3 Å². The number of aryl methyl sites for hydroxylation is 1. The fraction of sp³-hybridized carbons (Fsp3) is 0.182. The zero-order chi connectivity index (χ0) is 19.4. The van der Waals surface area contributed by atoms with E-state index in [4.69, 9.17) is 5.73 Å². The van der Waals surface area contributed by atoms with E-state index in [-0.39, 0.29) is 11.8 Å². The van der Waals surface area contributed by atoms with Gasteiger partial charge in [-0.05, 0) is 24.5 Å². The normalized spacial score (nSPS) is 11.8. The lowest BCUT2D eigenvalue weighted by molar-refractivity contribution is -0.117. The number of carbonyl (C=O) groups excluding carboxylic acids is 2. The second-order valence-electron chi connectivity index (χ2n) is 6.33. The molecule has 3 aromatic rings. The summed E-state index contributed by atoms with van der Waals surface area (Å²) in [7, 11) is 0. The Morgan fingerprint density at radius 1 is 1.04 bits per heavy atom. The van der Waals surface area contributed by atoms with Crippen molar-refractivity contribution in [3.8, 4) is 11.1 Å². The first-order valence-corrected chi connectivity index (χ1v) is 9.69. The summed E-state index contributed by atoms with van der Waals surface area (Å²) < 4.78 is 0. The van der Waals surface area contributed by atoms with Crippen LogP contribution in [0.25, 0.3) is 11.1 Å². The van der Waals surface area contributed by atoms with Crippen LogP contribution < -0.4 is 11.1 Å². The minimum absolute atomic E-state index is 0.132. The molecule has 0 aliphatic carbocycles. The third-order valence-corrected chi connectivity index (χ3v) is 5.58. The lowest BCUT2D eigenvalue weighted by Gasteiger charge is -2.15. The Kier molecular flexibility index (Phi) is 5.72. The van der Waals surface area contributed by atoms with Gasteiger partial charge in [0.15, 0.2) is 0 Å². The van der Waals surface area contributed by atoms with Crippen molar-refractivity contribution in [3.05, 3.63) is 76.7 Å². The van der Waals surface area contributed by atoms with Gasteiger partial charge in [-0.3, -0.25) is 9.59 Å². The number of benzene rings is 2. The number of anilines is 1. The molecule has 0 spiro atoms. The van der Waals surface area contributed by atoms with Crippen molar-refractivity contribution in [2.75, 3.05) is 5.32 Å². The molecule has 0 aliphatic rings. The minimum atomic E-state index is -0.540. The highest BCUT2D eigenvalue weighted by Crippen LogP contribution is 2.40. The van der Waals surface area contributed by atoms with Crippen molar-refractivity contribution in [3.63, 3.8) is 0 Å². The summed E-state index contributed by atoms with van der Waals surface area (Å²) in [5.74, 6) is -0.956. The number of carbonyl (C=O) groups is 2. The number of hydrogen-bond acceptors (Lipinski definition) is 3. The summed E-state index contributed by atoms with van der Waals surface area (Å²) in [6, 6.07) is 19.3. The number of primary amides is 1. The van der Waals surface area contributed by atoms with Crippen LogP contribution in [0.2, 0.25) is 0 Å². The van der Waals surface area contributed by atoms with Crippen molar-refractivity contribution >= 4 is 28.2 Å². The Morgan fingerprint density at radius 3 is 2.19 bits per heavy atom. The van der Waals surface area contributed by atoms with Crippen molar-refractivity contribution in [2.24, 2.45) is 5.73 Å². The Hall–Kier alpha value is -2.92. The summed E-state index contributed by atoms with van der Waals surface area (Å²) >= 11 is 1.38. The van der Waals surface area contributed by atoms with E-state index in [9.17, 15) is 9.59 Å². The highest BCUT2D eigenvalue weighted by atomic mass is 32.1. The zero-order valence-electron chi connectivity index (χ0n) is 15.4. The van der Waals surface area contributed by atoms with Gasteiger partial charge in [0.05, 0.1) is 11.5 Å². The standard InChI is InChI=1S/C22H22N2O2S/c1-3-17(15-10-6-4-7-11-15)21(26)24-22-19(20(23)25)18(14(2)27-22)16-12-8-5-9-13-16/h4-13,17H,3H2,1-2H3,(H2,23,25)(H,24,26)/t17-/m1/s1. The smallest absolute Gasteiger partial charge is 0.252 e. The molecular formula is C22H22N2O2S. The Bertz CT molecular complexity index is 949. The molecule has 1 heterocycles. The predicted molar refractivity (Wildman–Crippen MR) is 111 cm³/mol. The van der Waals surface area contributed by atoms with Gasteiger partial charge in [0.25, 0.3) is 5.91 Å². The molecular weight excluding hydrogens is 356 g/mol. The lowest BCUT2D eigenvalue weighted by atomic mass is 9.95. The van der Waals surface area contributed by atoms with Gasteiger partial charge in [0.1, 0.15) is 5.00 Å². The van der Waals surface area contributed by atoms with Crippen molar-refractivity contribution in [1.29, 1.82) is 0 Å². The molecule has 4 nitrogen and oxygen atoms in total. The summed E-state index contributed by atoms with van der Waals surface area (Å²) in [6.07, 6.45) is 0.664. The molecule has 0 bridgehead atoms. The van der Waals surface area contributed by atoms with Crippen LogP contribution in [-0.4, -0.2) is 11.8 Å². The van der Waals surface area contributed by atoms with Crippen molar-refractivity contribution < 1.29 is 9.59 Å². The highest BCUT2D eigenvalue weighted by Gasteiger charge is 2.25. The van der Waals surface area contributed by atoms with Crippen LogP contribution in [0.4, 0.5) is 5.00 Å². The average molecular weight is 378 g/mol. The van der Waals surface area contributed by atoms with Gasteiger partial charge in [0.2, 0.25) is 5.91 Å². The lowest BCUT2D eigenvalue weighted by Crippen LogP contribution is -2.22. The second kappa shape index (κ2) is 8.18. The molecule has 2 amide bonds. The van der Waals surface area contributed by atoms with E-state index in [0.717, 1.165) is 21.6 Å². The van der Waals surface area contributed by atoms with E-state index in [1.54, 1.807) is 0 Å². The first kappa shape index (κ1) is 18.9. The molecule has 1 aromatic heterocycles. The number of nitrogens with one attached hydrogen (secondary N) is 1. The molecule has 5 heteroatoms. The number of nitrogens with two attached hydrogens (primary N) is 1. The van der Waals surface area contributed by atoms with Crippen LogP contribution in [0.15, 0.2) is 60.7 Å². The molecule has 2 aromatic carbocycles. The molecule has 27 heavy (non-hydrogen) atoms. The maximum absolute atomic E-state index is 12.9. The zero-order valence-corrected chi connectivity index (χ0v) is 16.2. The molecule has 0 saturated carbocycles. The van der Waals surface area contributed by atoms with E-state index >= 15 is 0 Å². The fourth-order valence-corrected chi connectivity index (χ4v) is 4.36. The van der Waals surface area contributed by atoms with Crippen LogP contribution in [0.3, 0.4) is 0 Å². The number of amides is 2. The van der Waals surface area contributed by atoms with Crippen LogP contribution in [-0.2, 0) is 4.79 Å². The van der Waals surface area contributed by atoms with Gasteiger partial charge in [-0.2, -0.15) is 0 Å². The van der Waals surface area contributed by atoms with Crippen molar-refractivity contribution in [2.45, 2.75) is 26.2 Å². The van der Waals surface area contributed by atoms with Gasteiger partial charge in [-0.25, -0.2) is 0 Å². The third kappa shape index (κ3) is 3.93. The van der Waals surface area contributed by atoms with Crippen LogP contribution in [0, 0.1) is 6.92 Å². The molecule has 0 fully saturated rings. The number of rotatable bonds is 6. The first-order chi connectivity index (χ1) is 13.0. The SMILES string of the molecule is CC[C@@H](C(=O)Nc1sc(C)c(-c2ccccc2)c1C(N)=O)c1ccccc1. The summed E-state index contributed by atoms with van der Waals surface area (Å²) in [5.41, 5.74) is 8.71. The van der Waals surface area contributed by atoms with Gasteiger partial charge in [-0.1, -0.05) is 67.6 Å². The average Bonchev–Trinajstić information content (AvgIpc) is 3.00. The van der Waals surface area contributed by atoms with Gasteiger partial charge in [-0.15, -0.1) is 11.3 Å². The summed E-state index contributed by atoms with van der Waals surface area (Å²) in [5, 5.41) is 3.46. The van der Waals surface area contributed by atoms with Crippen LogP contribution >= 0.6 is 11.3 Å². The third-order valence-electron chi connectivity index (χ3n) is 4.56. The quantitative estimate of drug-likeness (QED) is 0.637. The maximum Gasteiger partial charge on any atom is 0.252 e. The molecule has 0 aliphatic heterocycles. The van der Waals surface area contributed by atoms with Gasteiger partial charge < -0.3 is 11.1 Å². The molecule has 0 saturated heterocycles. The van der Waals surface area contributed by atoms with E-state index in [0.29, 0.717) is 17.0 Å². The molecule has 1 atom stereocenters. The molecule has 0 unspecified atom stereocenters. The van der Waals surface area contributed by atoms with Crippen molar-refractivity contribution in [1.82, 2.24) is 0 Å². The number of thiophene rings is 1. The summed E-state index contributed by atoms with van der Waals surface area (Å²) in [6.45, 7) is 3.91. The maximum atomic E-state index is 12.9. The molecule has 3 N–H and O–H groups in total. The Morgan fingerprint density at radius 2 is 1.63 bits per heavy atom. The number of hydrogen-bond donors (Lipinski definition) is 2. The topological polar surface area (TPSA) is 72.2 Å². The van der Waals surface area contributed by atoms with E-state index in [1.807, 2.05) is 74.5 Å². The monoisotopic (exact) mass is 378 g/mol. The molecule has 3 rings (SSSR count). The Balaban J connectivity index is 1.98. The molecule has 0 radical (unpaired) electrons. The van der Waals surface area contributed by atoms with Crippen LogP contribution in [0.5, 0.6) is 0 Å². The largest absolute Gasteiger partial charge is 0.365 e. The van der Waals surface area contributed by atoms with E-state index in [2.05, 4.69) is 5.32 Å². The molecule has 138 valence electrons. The highest BCUT2D eigenvalue weighted by molar-refractivity contribution is 7.17.